The molecule has 0 spiro atoms. The number of rotatable bonds is 7. The highest BCUT2D eigenvalue weighted by Crippen LogP contribution is 2.29. The number of imidazole rings is 1. The number of ether oxygens (including phenoxy) is 1. The molecule has 108 valence electrons. The van der Waals surface area contributed by atoms with Crippen LogP contribution in [0, 0.1) is 0 Å². The second-order valence-corrected chi connectivity index (χ2v) is 5.77. The number of nitrogens with one attached hydrogen (secondary N) is 1. The first-order valence-corrected chi connectivity index (χ1v) is 7.55. The molecule has 1 heterocycles. The standard InChI is InChI=1S/C15H20BrN3O/c1-12(2)18-10-13-4-3-5-14(16)15(13)20-9-8-19-7-6-17-11-19/h3-7,11-12,18H,8-10H2,1-2H3. The van der Waals surface area contributed by atoms with Gasteiger partial charge in [0.05, 0.1) is 17.3 Å². The van der Waals surface area contributed by atoms with Crippen molar-refractivity contribution in [2.75, 3.05) is 6.61 Å². The molecular weight excluding hydrogens is 318 g/mol. The van der Waals surface area contributed by atoms with Gasteiger partial charge in [0.25, 0.3) is 0 Å². The zero-order valence-corrected chi connectivity index (χ0v) is 13.4. The molecule has 4 nitrogen and oxygen atoms in total. The maximum absolute atomic E-state index is 5.94. The molecule has 0 bridgehead atoms. The average molecular weight is 338 g/mol. The van der Waals surface area contributed by atoms with E-state index in [4.69, 9.17) is 4.74 Å². The van der Waals surface area contributed by atoms with E-state index < -0.39 is 0 Å². The Morgan fingerprint density at radius 3 is 2.95 bits per heavy atom. The summed E-state index contributed by atoms with van der Waals surface area (Å²) in [4.78, 5) is 4.02. The zero-order valence-electron chi connectivity index (χ0n) is 11.8. The third-order valence-corrected chi connectivity index (χ3v) is 3.53. The van der Waals surface area contributed by atoms with Gasteiger partial charge in [-0.3, -0.25) is 0 Å². The summed E-state index contributed by atoms with van der Waals surface area (Å²) >= 11 is 3.56. The van der Waals surface area contributed by atoms with Gasteiger partial charge in [-0.05, 0) is 22.0 Å². The molecule has 0 atom stereocenters. The molecule has 0 saturated heterocycles. The summed E-state index contributed by atoms with van der Waals surface area (Å²) < 4.78 is 8.93. The molecule has 5 heteroatoms. The molecule has 0 radical (unpaired) electrons. The molecule has 2 aromatic rings. The predicted octanol–water partition coefficient (Wildman–Crippen LogP) is 3.22. The minimum absolute atomic E-state index is 0.452. The van der Waals surface area contributed by atoms with Crippen molar-refractivity contribution >= 4 is 15.9 Å². The van der Waals surface area contributed by atoms with Crippen molar-refractivity contribution < 1.29 is 4.74 Å². The van der Waals surface area contributed by atoms with Gasteiger partial charge in [0.2, 0.25) is 0 Å². The Morgan fingerprint density at radius 2 is 2.25 bits per heavy atom. The van der Waals surface area contributed by atoms with Crippen LogP contribution in [0.3, 0.4) is 0 Å². The number of hydrogen-bond donors (Lipinski definition) is 1. The molecular formula is C15H20BrN3O. The van der Waals surface area contributed by atoms with Gasteiger partial charge in [-0.25, -0.2) is 4.98 Å². The van der Waals surface area contributed by atoms with Crippen LogP contribution in [-0.4, -0.2) is 22.2 Å². The molecule has 0 fully saturated rings. The van der Waals surface area contributed by atoms with E-state index in [9.17, 15) is 0 Å². The second-order valence-electron chi connectivity index (χ2n) is 4.91. The topological polar surface area (TPSA) is 39.1 Å². The summed E-state index contributed by atoms with van der Waals surface area (Å²) in [7, 11) is 0. The van der Waals surface area contributed by atoms with E-state index in [1.165, 1.54) is 5.56 Å². The second kappa shape index (κ2) is 7.45. The molecule has 0 aliphatic heterocycles. The molecule has 0 aliphatic rings. The summed E-state index contributed by atoms with van der Waals surface area (Å²) in [6.07, 6.45) is 5.51. The summed E-state index contributed by atoms with van der Waals surface area (Å²) in [5, 5.41) is 3.42. The van der Waals surface area contributed by atoms with E-state index in [1.807, 2.05) is 22.9 Å². The lowest BCUT2D eigenvalue weighted by atomic mass is 10.2. The monoisotopic (exact) mass is 337 g/mol. The normalized spacial score (nSPS) is 11.0. The largest absolute Gasteiger partial charge is 0.490 e. The van der Waals surface area contributed by atoms with Crippen molar-refractivity contribution in [1.29, 1.82) is 0 Å². The summed E-state index contributed by atoms with van der Waals surface area (Å²) in [5.41, 5.74) is 1.17. The number of halogens is 1. The number of hydrogen-bond acceptors (Lipinski definition) is 3. The van der Waals surface area contributed by atoms with Crippen LogP contribution in [0.4, 0.5) is 0 Å². The Bertz CT molecular complexity index is 526. The first-order valence-electron chi connectivity index (χ1n) is 6.76. The highest BCUT2D eigenvalue weighted by atomic mass is 79.9. The Kier molecular flexibility index (Phi) is 5.61. The molecule has 1 N–H and O–H groups in total. The lowest BCUT2D eigenvalue weighted by molar-refractivity contribution is 0.292. The van der Waals surface area contributed by atoms with Gasteiger partial charge in [0, 0.05) is 30.5 Å². The third-order valence-electron chi connectivity index (χ3n) is 2.90. The zero-order chi connectivity index (χ0) is 14.4. The van der Waals surface area contributed by atoms with Gasteiger partial charge in [0.1, 0.15) is 12.4 Å². The fourth-order valence-corrected chi connectivity index (χ4v) is 2.36. The van der Waals surface area contributed by atoms with Gasteiger partial charge in [-0.1, -0.05) is 26.0 Å². The molecule has 20 heavy (non-hydrogen) atoms. The fourth-order valence-electron chi connectivity index (χ4n) is 1.84. The predicted molar refractivity (Wildman–Crippen MR) is 83.8 cm³/mol. The summed E-state index contributed by atoms with van der Waals surface area (Å²) in [6.45, 7) is 6.48. The highest BCUT2D eigenvalue weighted by molar-refractivity contribution is 9.10. The van der Waals surface area contributed by atoms with Crippen molar-refractivity contribution in [3.63, 3.8) is 0 Å². The van der Waals surface area contributed by atoms with Crippen molar-refractivity contribution in [3.8, 4) is 5.75 Å². The van der Waals surface area contributed by atoms with E-state index >= 15 is 0 Å². The SMILES string of the molecule is CC(C)NCc1cccc(Br)c1OCCn1ccnc1. The Labute approximate surface area is 128 Å². The van der Waals surface area contributed by atoms with Crippen LogP contribution in [0.1, 0.15) is 19.4 Å². The molecule has 0 saturated carbocycles. The Hall–Kier alpha value is -1.33. The number of para-hydroxylation sites is 1. The van der Waals surface area contributed by atoms with Crippen molar-refractivity contribution in [3.05, 3.63) is 47.0 Å². The van der Waals surface area contributed by atoms with Crippen LogP contribution in [-0.2, 0) is 13.1 Å². The fraction of sp³-hybridized carbons (Fsp3) is 0.400. The van der Waals surface area contributed by atoms with Crippen molar-refractivity contribution in [2.24, 2.45) is 0 Å². The molecule has 1 aromatic carbocycles. The quantitative estimate of drug-likeness (QED) is 0.843. The van der Waals surface area contributed by atoms with Crippen molar-refractivity contribution in [1.82, 2.24) is 14.9 Å². The van der Waals surface area contributed by atoms with Crippen LogP contribution in [0.15, 0.2) is 41.4 Å². The van der Waals surface area contributed by atoms with Crippen LogP contribution in [0.2, 0.25) is 0 Å². The van der Waals surface area contributed by atoms with E-state index in [0.29, 0.717) is 12.6 Å². The first kappa shape index (κ1) is 15.1. The maximum Gasteiger partial charge on any atom is 0.138 e. The smallest absolute Gasteiger partial charge is 0.138 e. The Balaban J connectivity index is 1.97. The van der Waals surface area contributed by atoms with Gasteiger partial charge in [-0.2, -0.15) is 0 Å². The van der Waals surface area contributed by atoms with Crippen molar-refractivity contribution in [2.45, 2.75) is 33.0 Å². The summed E-state index contributed by atoms with van der Waals surface area (Å²) in [5.74, 6) is 0.917. The van der Waals surface area contributed by atoms with Gasteiger partial charge in [0.15, 0.2) is 0 Å². The lowest BCUT2D eigenvalue weighted by Crippen LogP contribution is -2.22. The van der Waals surface area contributed by atoms with Crippen LogP contribution in [0.5, 0.6) is 5.75 Å². The molecule has 0 aliphatic carbocycles. The van der Waals surface area contributed by atoms with Crippen LogP contribution < -0.4 is 10.1 Å². The minimum Gasteiger partial charge on any atom is -0.490 e. The average Bonchev–Trinajstić information content (AvgIpc) is 2.92. The number of aromatic nitrogens is 2. The first-order chi connectivity index (χ1) is 9.66. The molecule has 2 rings (SSSR count). The van der Waals surface area contributed by atoms with Gasteiger partial charge >= 0.3 is 0 Å². The molecule has 1 aromatic heterocycles. The molecule has 0 unspecified atom stereocenters. The minimum atomic E-state index is 0.452. The van der Waals surface area contributed by atoms with Gasteiger partial charge < -0.3 is 14.6 Å². The van der Waals surface area contributed by atoms with Gasteiger partial charge in [-0.15, -0.1) is 0 Å². The maximum atomic E-state index is 5.94. The molecule has 0 amide bonds. The van der Waals surface area contributed by atoms with E-state index in [-0.39, 0.29) is 0 Å². The highest BCUT2D eigenvalue weighted by Gasteiger charge is 2.08. The third kappa shape index (κ3) is 4.35. The van der Waals surface area contributed by atoms with Crippen LogP contribution in [0.25, 0.3) is 0 Å². The van der Waals surface area contributed by atoms with E-state index in [1.54, 1.807) is 12.5 Å². The number of nitrogens with zero attached hydrogens (tertiary/aromatic N) is 2. The van der Waals surface area contributed by atoms with E-state index in [0.717, 1.165) is 23.3 Å². The summed E-state index contributed by atoms with van der Waals surface area (Å²) in [6, 6.07) is 6.58. The van der Waals surface area contributed by atoms with E-state index in [2.05, 4.69) is 46.1 Å². The van der Waals surface area contributed by atoms with Crippen LogP contribution >= 0.6 is 15.9 Å². The lowest BCUT2D eigenvalue weighted by Gasteiger charge is -2.15. The Morgan fingerprint density at radius 1 is 1.40 bits per heavy atom. The number of benzene rings is 1.